The molecule has 4 nitrogen and oxygen atoms in total. The number of thiazole rings is 1. The van der Waals surface area contributed by atoms with Gasteiger partial charge in [-0.1, -0.05) is 17.7 Å². The molecule has 0 saturated carbocycles. The highest BCUT2D eigenvalue weighted by molar-refractivity contribution is 7.13. The monoisotopic (exact) mass is 308 g/mol. The normalized spacial score (nSPS) is 10.3. The summed E-state index contributed by atoms with van der Waals surface area (Å²) in [6.45, 7) is 3.65. The molecule has 0 radical (unpaired) electrons. The zero-order valence-electron chi connectivity index (χ0n) is 11.1. The molecular weight excluding hydrogens is 296 g/mol. The van der Waals surface area contributed by atoms with Crippen molar-refractivity contribution in [1.82, 2.24) is 4.98 Å². The number of halogens is 1. The number of nitrogens with zero attached hydrogens (tertiary/aromatic N) is 1. The van der Waals surface area contributed by atoms with Crippen molar-refractivity contribution in [3.8, 4) is 0 Å². The smallest absolute Gasteiger partial charge is 0.338 e. The van der Waals surface area contributed by atoms with Crippen LogP contribution in [-0.2, 0) is 4.74 Å². The van der Waals surface area contributed by atoms with Gasteiger partial charge in [-0.25, -0.2) is 9.78 Å². The van der Waals surface area contributed by atoms with Crippen LogP contribution in [-0.4, -0.2) is 23.3 Å². The van der Waals surface area contributed by atoms with Gasteiger partial charge < -0.3 is 10.1 Å². The van der Waals surface area contributed by atoms with Crippen LogP contribution in [0.25, 0.3) is 0 Å². The van der Waals surface area contributed by atoms with Gasteiger partial charge in [0.2, 0.25) is 0 Å². The lowest BCUT2D eigenvalue weighted by Gasteiger charge is -2.05. The van der Waals surface area contributed by atoms with Crippen molar-refractivity contribution < 1.29 is 9.53 Å². The van der Waals surface area contributed by atoms with Crippen LogP contribution in [0.4, 0.5) is 0 Å². The first-order chi connectivity index (χ1) is 9.47. The number of hydrogen-bond donors (Lipinski definition) is 1. The summed E-state index contributed by atoms with van der Waals surface area (Å²) in [6.07, 6.45) is 0. The summed E-state index contributed by atoms with van der Waals surface area (Å²) in [4.78, 5) is 16.8. The molecule has 0 saturated heterocycles. The van der Waals surface area contributed by atoms with E-state index in [-0.39, 0.29) is 12.3 Å². The fourth-order valence-electron chi connectivity index (χ4n) is 1.71. The first kappa shape index (κ1) is 14.7. The zero-order valence-corrected chi connectivity index (χ0v) is 12.6. The van der Waals surface area contributed by atoms with E-state index in [0.717, 1.165) is 15.6 Å². The van der Waals surface area contributed by atoms with E-state index in [0.29, 0.717) is 10.6 Å². The Morgan fingerprint density at radius 3 is 2.80 bits per heavy atom. The molecule has 0 amide bonds. The second kappa shape index (κ2) is 6.15. The summed E-state index contributed by atoms with van der Waals surface area (Å²) in [5.74, 6) is -0.490. The fraction of sp³-hybridized carbons (Fsp3) is 0.214. The highest BCUT2D eigenvalue weighted by Gasteiger charge is 2.13. The second-order valence-corrected chi connectivity index (χ2v) is 5.85. The number of hydrogen-bond acceptors (Lipinski definition) is 5. The quantitative estimate of drug-likeness (QED) is 0.693. The van der Waals surface area contributed by atoms with Crippen molar-refractivity contribution in [2.24, 2.45) is 0 Å². The molecule has 2 aromatic rings. The minimum Gasteiger partial charge on any atom is -0.456 e. The minimum atomic E-state index is -0.490. The lowest BCUT2D eigenvalue weighted by Crippen LogP contribution is -2.14. The van der Waals surface area contributed by atoms with E-state index < -0.39 is 5.97 Å². The zero-order chi connectivity index (χ0) is 14.7. The van der Waals surface area contributed by atoms with E-state index in [9.17, 15) is 4.79 Å². The Labute approximate surface area is 125 Å². The molecule has 0 unspecified atom stereocenters. The molecule has 0 aliphatic rings. The van der Waals surface area contributed by atoms with Gasteiger partial charge in [0, 0.05) is 5.02 Å². The molecule has 0 aliphatic carbocycles. The van der Waals surface area contributed by atoms with Gasteiger partial charge in [0.1, 0.15) is 6.61 Å². The number of esters is 1. The van der Waals surface area contributed by atoms with Crippen LogP contribution in [0, 0.1) is 19.3 Å². The number of ether oxygens (including phenoxy) is 1. The maximum atomic E-state index is 11.8. The summed E-state index contributed by atoms with van der Waals surface area (Å²) in [6, 6.07) is 6.53. The van der Waals surface area contributed by atoms with Crippen LogP contribution < -0.4 is 0 Å². The van der Waals surface area contributed by atoms with Crippen LogP contribution in [0.2, 0.25) is 5.02 Å². The molecule has 0 aliphatic heterocycles. The maximum Gasteiger partial charge on any atom is 0.338 e. The highest BCUT2D eigenvalue weighted by atomic mass is 35.5. The van der Waals surface area contributed by atoms with Crippen molar-refractivity contribution in [1.29, 1.82) is 5.41 Å². The summed E-state index contributed by atoms with van der Waals surface area (Å²) in [5.41, 5.74) is 1.42. The van der Waals surface area contributed by atoms with Gasteiger partial charge in [0.05, 0.1) is 26.9 Å². The van der Waals surface area contributed by atoms with Crippen molar-refractivity contribution in [2.75, 3.05) is 6.61 Å². The molecule has 0 spiro atoms. The number of nitrogens with one attached hydrogen (secondary N) is 1. The lowest BCUT2D eigenvalue weighted by molar-refractivity contribution is 0.0563. The molecule has 0 bridgehead atoms. The number of carbonyl (C=O) groups is 1. The van der Waals surface area contributed by atoms with Crippen LogP contribution in [0.5, 0.6) is 0 Å². The molecule has 2 rings (SSSR count). The van der Waals surface area contributed by atoms with E-state index in [2.05, 4.69) is 4.98 Å². The molecule has 0 atom stereocenters. The third-order valence-corrected chi connectivity index (χ3v) is 3.95. The predicted octanol–water partition coefficient (Wildman–Crippen LogP) is 3.64. The highest BCUT2D eigenvalue weighted by Crippen LogP contribution is 2.18. The third-order valence-electron chi connectivity index (χ3n) is 2.59. The van der Waals surface area contributed by atoms with Crippen molar-refractivity contribution in [2.45, 2.75) is 13.8 Å². The summed E-state index contributed by atoms with van der Waals surface area (Å²) in [7, 11) is 0. The van der Waals surface area contributed by atoms with Gasteiger partial charge in [-0.15, -0.1) is 11.3 Å². The Balaban J connectivity index is 2.00. The number of aryl methyl sites for hydroxylation is 2. The van der Waals surface area contributed by atoms with E-state index in [1.165, 1.54) is 17.4 Å². The Hall–Kier alpha value is -1.72. The fourth-order valence-corrected chi connectivity index (χ4v) is 2.76. The second-order valence-electron chi connectivity index (χ2n) is 4.21. The molecule has 6 heteroatoms. The largest absolute Gasteiger partial charge is 0.456 e. The topological polar surface area (TPSA) is 63.0 Å². The number of rotatable bonds is 4. The molecule has 1 aromatic carbocycles. The Morgan fingerprint density at radius 1 is 1.45 bits per heavy atom. The van der Waals surface area contributed by atoms with Gasteiger partial charge >= 0.3 is 5.97 Å². The van der Waals surface area contributed by atoms with Gasteiger partial charge in [-0.3, -0.25) is 0 Å². The van der Waals surface area contributed by atoms with E-state index in [1.807, 2.05) is 13.8 Å². The van der Waals surface area contributed by atoms with Crippen molar-refractivity contribution >= 4 is 34.6 Å². The number of aromatic nitrogens is 1. The average molecular weight is 309 g/mol. The van der Waals surface area contributed by atoms with Gasteiger partial charge in [0.25, 0.3) is 0 Å². The molecule has 20 heavy (non-hydrogen) atoms. The van der Waals surface area contributed by atoms with E-state index in [4.69, 9.17) is 21.7 Å². The summed E-state index contributed by atoms with van der Waals surface area (Å²) < 4.78 is 5.12. The van der Waals surface area contributed by atoms with Crippen LogP contribution in [0.3, 0.4) is 0 Å². The number of carbonyl (C=O) groups excluding carboxylic acids is 1. The molecule has 104 valence electrons. The summed E-state index contributed by atoms with van der Waals surface area (Å²) >= 11 is 7.24. The molecule has 1 heterocycles. The van der Waals surface area contributed by atoms with Gasteiger partial charge in [-0.05, 0) is 32.0 Å². The van der Waals surface area contributed by atoms with Crippen LogP contribution in [0.15, 0.2) is 24.3 Å². The molecule has 1 N–H and O–H groups in total. The van der Waals surface area contributed by atoms with Crippen LogP contribution >= 0.6 is 22.9 Å². The van der Waals surface area contributed by atoms with Crippen molar-refractivity contribution in [3.63, 3.8) is 0 Å². The van der Waals surface area contributed by atoms with Crippen molar-refractivity contribution in [3.05, 3.63) is 50.4 Å². The lowest BCUT2D eigenvalue weighted by atomic mass is 10.2. The first-order valence-corrected chi connectivity index (χ1v) is 7.11. The van der Waals surface area contributed by atoms with E-state index >= 15 is 0 Å². The molecule has 1 aromatic heterocycles. The maximum absolute atomic E-state index is 11.8. The minimum absolute atomic E-state index is 0.0756. The predicted molar refractivity (Wildman–Crippen MR) is 80.2 cm³/mol. The van der Waals surface area contributed by atoms with E-state index in [1.54, 1.807) is 18.2 Å². The Kier molecular flexibility index (Phi) is 4.52. The summed E-state index contributed by atoms with van der Waals surface area (Å²) in [5, 5.41) is 9.32. The first-order valence-electron chi connectivity index (χ1n) is 5.92. The van der Waals surface area contributed by atoms with Gasteiger partial charge in [0.15, 0.2) is 0 Å². The molecular formula is C14H13ClN2O2S. The van der Waals surface area contributed by atoms with Crippen LogP contribution in [0.1, 0.15) is 25.9 Å². The van der Waals surface area contributed by atoms with Gasteiger partial charge in [-0.2, -0.15) is 0 Å². The Morgan fingerprint density at radius 2 is 2.20 bits per heavy atom. The average Bonchev–Trinajstić information content (AvgIpc) is 2.74. The Bertz CT molecular complexity index is 667. The number of benzene rings is 1. The SMILES string of the molecule is Cc1nc(C)c(C(=N)COC(=O)c2cccc(Cl)c2)s1. The molecule has 0 fully saturated rings. The standard InChI is InChI=1S/C14H13ClN2O2S/c1-8-13(20-9(2)17-8)12(16)7-19-14(18)10-4-3-5-11(15)6-10/h3-6,16H,7H2,1-2H3. The third kappa shape index (κ3) is 3.43.